The zero-order chi connectivity index (χ0) is 18.8. The molecule has 27 heavy (non-hydrogen) atoms. The fourth-order valence-corrected chi connectivity index (χ4v) is 3.87. The molecule has 2 nitrogen and oxygen atoms in total. The minimum absolute atomic E-state index is 0.404. The lowest BCUT2D eigenvalue weighted by Crippen LogP contribution is -2.05. The minimum atomic E-state index is 0.404. The molecular formula is C24H21BrN2. The predicted molar refractivity (Wildman–Crippen MR) is 116 cm³/mol. The van der Waals surface area contributed by atoms with Crippen molar-refractivity contribution in [3.63, 3.8) is 0 Å². The molecule has 0 fully saturated rings. The minimum Gasteiger partial charge on any atom is -0.299 e. The third-order valence-corrected chi connectivity index (χ3v) is 5.23. The summed E-state index contributed by atoms with van der Waals surface area (Å²) in [7, 11) is 0. The lowest BCUT2D eigenvalue weighted by Gasteiger charge is -2.20. The van der Waals surface area contributed by atoms with Crippen LogP contribution < -0.4 is 0 Å². The SMILES string of the molecule is CC(C)c1cccc(-c2ccccc2)c1-n1ccnc1-c1cccc(Br)c1. The lowest BCUT2D eigenvalue weighted by molar-refractivity contribution is 0.848. The molecule has 0 aliphatic carbocycles. The lowest BCUT2D eigenvalue weighted by atomic mass is 9.94. The van der Waals surface area contributed by atoms with E-state index in [1.807, 2.05) is 18.3 Å². The first-order valence-electron chi connectivity index (χ1n) is 9.13. The summed E-state index contributed by atoms with van der Waals surface area (Å²) in [5.41, 5.74) is 6.03. The number of para-hydroxylation sites is 1. The van der Waals surface area contributed by atoms with Crippen LogP contribution in [0.15, 0.2) is 89.7 Å². The molecule has 0 saturated heterocycles. The summed E-state index contributed by atoms with van der Waals surface area (Å²) in [6.07, 6.45) is 3.94. The van der Waals surface area contributed by atoms with Crippen LogP contribution in [-0.2, 0) is 0 Å². The van der Waals surface area contributed by atoms with Crippen LogP contribution in [0.1, 0.15) is 25.3 Å². The Balaban J connectivity index is 1.99. The van der Waals surface area contributed by atoms with Gasteiger partial charge in [-0.05, 0) is 29.2 Å². The van der Waals surface area contributed by atoms with Crippen LogP contribution in [0.25, 0.3) is 28.2 Å². The number of hydrogen-bond acceptors (Lipinski definition) is 1. The van der Waals surface area contributed by atoms with Gasteiger partial charge in [-0.1, -0.05) is 90.4 Å². The molecule has 3 heteroatoms. The highest BCUT2D eigenvalue weighted by atomic mass is 79.9. The maximum atomic E-state index is 4.68. The van der Waals surface area contributed by atoms with Gasteiger partial charge in [0, 0.05) is 28.0 Å². The Morgan fingerprint density at radius 1 is 0.852 bits per heavy atom. The molecule has 0 bridgehead atoms. The van der Waals surface area contributed by atoms with Gasteiger partial charge in [0.2, 0.25) is 0 Å². The molecular weight excluding hydrogens is 396 g/mol. The zero-order valence-corrected chi connectivity index (χ0v) is 17.0. The average molecular weight is 417 g/mol. The Labute approximate surface area is 168 Å². The van der Waals surface area contributed by atoms with Gasteiger partial charge in [0.15, 0.2) is 0 Å². The highest BCUT2D eigenvalue weighted by molar-refractivity contribution is 9.10. The van der Waals surface area contributed by atoms with Gasteiger partial charge >= 0.3 is 0 Å². The molecule has 0 spiro atoms. The van der Waals surface area contributed by atoms with E-state index in [1.165, 1.54) is 22.4 Å². The summed E-state index contributed by atoms with van der Waals surface area (Å²) in [4.78, 5) is 4.68. The van der Waals surface area contributed by atoms with Gasteiger partial charge in [0.25, 0.3) is 0 Å². The molecule has 3 aromatic carbocycles. The first kappa shape index (κ1) is 17.7. The van der Waals surface area contributed by atoms with Crippen molar-refractivity contribution in [2.24, 2.45) is 0 Å². The van der Waals surface area contributed by atoms with Crippen LogP contribution in [0, 0.1) is 0 Å². The Bertz CT molecular complexity index is 1060. The molecule has 0 saturated carbocycles. The van der Waals surface area contributed by atoms with E-state index in [1.54, 1.807) is 0 Å². The fraction of sp³-hybridized carbons (Fsp3) is 0.125. The van der Waals surface area contributed by atoms with Gasteiger partial charge in [-0.15, -0.1) is 0 Å². The van der Waals surface area contributed by atoms with Crippen molar-refractivity contribution in [2.45, 2.75) is 19.8 Å². The fourth-order valence-electron chi connectivity index (χ4n) is 3.47. The third-order valence-electron chi connectivity index (χ3n) is 4.74. The monoisotopic (exact) mass is 416 g/mol. The number of rotatable bonds is 4. The smallest absolute Gasteiger partial charge is 0.144 e. The topological polar surface area (TPSA) is 17.8 Å². The molecule has 0 N–H and O–H groups in total. The molecule has 4 rings (SSSR count). The maximum Gasteiger partial charge on any atom is 0.144 e. The summed E-state index contributed by atoms with van der Waals surface area (Å²) in [6.45, 7) is 4.48. The summed E-state index contributed by atoms with van der Waals surface area (Å²) in [5, 5.41) is 0. The number of nitrogens with zero attached hydrogens (tertiary/aromatic N) is 2. The number of benzene rings is 3. The van der Waals surface area contributed by atoms with E-state index in [4.69, 9.17) is 0 Å². The summed E-state index contributed by atoms with van der Waals surface area (Å²) >= 11 is 3.58. The molecule has 1 heterocycles. The summed E-state index contributed by atoms with van der Waals surface area (Å²) < 4.78 is 3.27. The van der Waals surface area contributed by atoms with Gasteiger partial charge in [-0.2, -0.15) is 0 Å². The van der Waals surface area contributed by atoms with Gasteiger partial charge in [0.05, 0.1) is 5.69 Å². The maximum absolute atomic E-state index is 4.68. The van der Waals surface area contributed by atoms with Crippen molar-refractivity contribution in [1.29, 1.82) is 0 Å². The van der Waals surface area contributed by atoms with Gasteiger partial charge in [-0.25, -0.2) is 4.98 Å². The Morgan fingerprint density at radius 2 is 1.59 bits per heavy atom. The van der Waals surface area contributed by atoms with Gasteiger partial charge < -0.3 is 0 Å². The van der Waals surface area contributed by atoms with E-state index in [0.717, 1.165) is 15.9 Å². The summed E-state index contributed by atoms with van der Waals surface area (Å²) in [5.74, 6) is 1.35. The van der Waals surface area contributed by atoms with Crippen LogP contribution in [0.5, 0.6) is 0 Å². The quantitative estimate of drug-likeness (QED) is 0.347. The van der Waals surface area contributed by atoms with E-state index >= 15 is 0 Å². The molecule has 0 radical (unpaired) electrons. The Morgan fingerprint density at radius 3 is 2.33 bits per heavy atom. The molecule has 0 amide bonds. The molecule has 4 aromatic rings. The zero-order valence-electron chi connectivity index (χ0n) is 15.4. The second kappa shape index (κ2) is 7.53. The predicted octanol–water partition coefficient (Wildman–Crippen LogP) is 7.09. The highest BCUT2D eigenvalue weighted by Crippen LogP contribution is 2.36. The number of halogens is 1. The van der Waals surface area contributed by atoms with Gasteiger partial charge in [0.1, 0.15) is 5.82 Å². The number of imidazole rings is 1. The van der Waals surface area contributed by atoms with Crippen molar-refractivity contribution < 1.29 is 0 Å². The summed E-state index contributed by atoms with van der Waals surface area (Å²) in [6, 6.07) is 25.4. The van der Waals surface area contributed by atoms with Crippen LogP contribution in [0.4, 0.5) is 0 Å². The largest absolute Gasteiger partial charge is 0.299 e. The first-order valence-corrected chi connectivity index (χ1v) is 9.92. The number of hydrogen-bond donors (Lipinski definition) is 0. The van der Waals surface area contributed by atoms with Crippen molar-refractivity contribution >= 4 is 15.9 Å². The second-order valence-electron chi connectivity index (χ2n) is 6.90. The normalized spacial score (nSPS) is 11.1. The van der Waals surface area contributed by atoms with E-state index in [9.17, 15) is 0 Å². The average Bonchev–Trinajstić information content (AvgIpc) is 3.17. The molecule has 134 valence electrons. The van der Waals surface area contributed by atoms with Crippen molar-refractivity contribution in [2.75, 3.05) is 0 Å². The number of aromatic nitrogens is 2. The van der Waals surface area contributed by atoms with Crippen LogP contribution in [0.2, 0.25) is 0 Å². The van der Waals surface area contributed by atoms with Crippen LogP contribution in [0.3, 0.4) is 0 Å². The van der Waals surface area contributed by atoms with Gasteiger partial charge in [-0.3, -0.25) is 4.57 Å². The second-order valence-corrected chi connectivity index (χ2v) is 7.81. The molecule has 0 atom stereocenters. The highest BCUT2D eigenvalue weighted by Gasteiger charge is 2.18. The molecule has 0 unspecified atom stereocenters. The van der Waals surface area contributed by atoms with E-state index in [2.05, 4.69) is 106 Å². The van der Waals surface area contributed by atoms with Crippen molar-refractivity contribution in [3.8, 4) is 28.2 Å². The van der Waals surface area contributed by atoms with Crippen molar-refractivity contribution in [3.05, 3.63) is 95.2 Å². The standard InChI is InChI=1S/C24H21BrN2/c1-17(2)21-12-7-13-22(18-8-4-3-5-9-18)23(21)27-15-14-26-24(27)19-10-6-11-20(25)16-19/h3-17H,1-2H3. The molecule has 0 aliphatic heterocycles. The third kappa shape index (κ3) is 3.47. The van der Waals surface area contributed by atoms with E-state index < -0.39 is 0 Å². The van der Waals surface area contributed by atoms with Crippen molar-refractivity contribution in [1.82, 2.24) is 9.55 Å². The Kier molecular flexibility index (Phi) is 4.95. The van der Waals surface area contributed by atoms with Crippen LogP contribution >= 0.6 is 15.9 Å². The Hall–Kier alpha value is -2.65. The molecule has 0 aliphatic rings. The van der Waals surface area contributed by atoms with E-state index in [0.29, 0.717) is 5.92 Å². The molecule has 1 aromatic heterocycles. The van der Waals surface area contributed by atoms with Crippen LogP contribution in [-0.4, -0.2) is 9.55 Å². The first-order chi connectivity index (χ1) is 13.1. The van der Waals surface area contributed by atoms with E-state index in [-0.39, 0.29) is 0 Å².